The number of nitrogens with two attached hydrogens (primary N) is 1. The predicted octanol–water partition coefficient (Wildman–Crippen LogP) is 11.1. The van der Waals surface area contributed by atoms with Gasteiger partial charge in [-0.05, 0) is 51.5 Å². The Morgan fingerprint density at radius 3 is 1.20 bits per heavy atom. The van der Waals surface area contributed by atoms with E-state index in [-0.39, 0.29) is 19.3 Å². The zero-order valence-corrected chi connectivity index (χ0v) is 32.2. The number of nitriles is 1. The summed E-state index contributed by atoms with van der Waals surface area (Å²) in [6.45, 7) is 14.2. The number of esters is 3. The van der Waals surface area contributed by atoms with Crippen molar-refractivity contribution in [1.82, 2.24) is 0 Å². The number of carbonyl (C=O) groups excluding carboxylic acids is 3. The van der Waals surface area contributed by atoms with Gasteiger partial charge in [-0.3, -0.25) is 14.4 Å². The average molecular weight is 706 g/mol. The van der Waals surface area contributed by atoms with E-state index in [0.717, 1.165) is 64.3 Å². The zero-order chi connectivity index (χ0) is 38.2. The highest BCUT2D eigenvalue weighted by Crippen LogP contribution is 2.11. The molecule has 0 aromatic heterocycles. The van der Waals surface area contributed by atoms with Gasteiger partial charge in [-0.25, -0.2) is 4.85 Å². The molecule has 0 rings (SSSR count). The summed E-state index contributed by atoms with van der Waals surface area (Å²) in [6.07, 6.45) is 35.4. The maximum absolute atomic E-state index is 10.8. The van der Waals surface area contributed by atoms with Gasteiger partial charge in [-0.15, -0.1) is 6.58 Å². The number of hydrogen-bond acceptors (Lipinski definition) is 8. The smallest absolute Gasteiger partial charge is 0.305 e. The lowest BCUT2D eigenvalue weighted by Crippen LogP contribution is -1.99. The molecule has 0 radical (unpaired) electrons. The Morgan fingerprint density at radius 1 is 0.620 bits per heavy atom. The zero-order valence-electron chi connectivity index (χ0n) is 32.2. The number of nitrogens with zero attached hydrogens (tertiary/aromatic N) is 2. The second kappa shape index (κ2) is 52.4. The van der Waals surface area contributed by atoms with Crippen LogP contribution in [0.2, 0.25) is 0 Å². The molecule has 0 aliphatic rings. The summed E-state index contributed by atoms with van der Waals surface area (Å²) in [4.78, 5) is 35.5. The first kappa shape index (κ1) is 53.4. The van der Waals surface area contributed by atoms with E-state index in [0.29, 0.717) is 19.3 Å². The Balaban J connectivity index is -0.000000195. The fraction of sp³-hybridized carbons (Fsp3) is 0.732. The minimum absolute atomic E-state index is 0. The van der Waals surface area contributed by atoms with Crippen LogP contribution in [0.15, 0.2) is 37.6 Å². The molecule has 0 heterocycles. The second-order valence-electron chi connectivity index (χ2n) is 11.9. The van der Waals surface area contributed by atoms with E-state index in [1.807, 2.05) is 12.2 Å². The van der Waals surface area contributed by atoms with Gasteiger partial charge in [0.1, 0.15) is 6.20 Å². The Hall–Kier alpha value is -3.43. The molecule has 0 amide bonds. The van der Waals surface area contributed by atoms with Crippen molar-refractivity contribution in [3.63, 3.8) is 0 Å². The van der Waals surface area contributed by atoms with Crippen LogP contribution in [0.5, 0.6) is 0 Å². The lowest BCUT2D eigenvalue weighted by Gasteiger charge is -2.01. The molecule has 0 saturated carbocycles. The van der Waals surface area contributed by atoms with Gasteiger partial charge in [0, 0.05) is 26.8 Å². The number of rotatable bonds is 29. The Morgan fingerprint density at radius 2 is 0.920 bits per heavy atom. The summed E-state index contributed by atoms with van der Waals surface area (Å²) in [5, 5.41) is 7.51. The van der Waals surface area contributed by atoms with Gasteiger partial charge in [0.05, 0.1) is 34.0 Å². The highest BCUT2D eigenvalue weighted by molar-refractivity contribution is 5.69. The highest BCUT2D eigenvalue weighted by Gasteiger charge is 2.00. The maximum atomic E-state index is 10.8. The van der Waals surface area contributed by atoms with Gasteiger partial charge < -0.3 is 19.9 Å². The van der Waals surface area contributed by atoms with Crippen molar-refractivity contribution in [3.8, 4) is 6.07 Å². The van der Waals surface area contributed by atoms with Crippen LogP contribution in [0.4, 0.5) is 0 Å². The number of methoxy groups -OCH3 is 3. The van der Waals surface area contributed by atoms with E-state index in [9.17, 15) is 14.4 Å². The molecule has 0 atom stereocenters. The third kappa shape index (κ3) is 59.9. The van der Waals surface area contributed by atoms with Gasteiger partial charge in [0.15, 0.2) is 0 Å². The van der Waals surface area contributed by atoms with Crippen molar-refractivity contribution in [1.29, 1.82) is 5.26 Å². The van der Waals surface area contributed by atoms with Crippen LogP contribution in [-0.4, -0.2) is 45.8 Å². The third-order valence-corrected chi connectivity index (χ3v) is 7.58. The lowest BCUT2D eigenvalue weighted by atomic mass is 10.1. The first-order valence-corrected chi connectivity index (χ1v) is 18.9. The molecule has 50 heavy (non-hydrogen) atoms. The first-order chi connectivity index (χ1) is 24.3. The molecule has 0 unspecified atom stereocenters. The fourth-order valence-electron chi connectivity index (χ4n) is 4.59. The molecule has 0 saturated heterocycles. The molecule has 0 aromatic carbocycles. The van der Waals surface area contributed by atoms with Gasteiger partial charge in [0.2, 0.25) is 0 Å². The van der Waals surface area contributed by atoms with Crippen molar-refractivity contribution < 1.29 is 30.0 Å². The van der Waals surface area contributed by atoms with E-state index < -0.39 is 0 Å². The summed E-state index contributed by atoms with van der Waals surface area (Å²) in [6, 6.07) is 1.69. The third-order valence-electron chi connectivity index (χ3n) is 7.58. The first-order valence-electron chi connectivity index (χ1n) is 18.9. The molecule has 0 bridgehead atoms. The van der Waals surface area contributed by atoms with Crippen molar-refractivity contribution in [2.24, 2.45) is 5.73 Å². The largest absolute Gasteiger partial charge is 0.469 e. The topological polar surface area (TPSA) is 133 Å². The van der Waals surface area contributed by atoms with Gasteiger partial charge in [-0.1, -0.05) is 121 Å². The Bertz CT molecular complexity index is 884. The van der Waals surface area contributed by atoms with Crippen molar-refractivity contribution in [3.05, 3.63) is 49.0 Å². The van der Waals surface area contributed by atoms with Crippen LogP contribution >= 0.6 is 0 Å². The summed E-state index contributed by atoms with van der Waals surface area (Å²) >= 11 is 0. The minimum atomic E-state index is -0.107. The van der Waals surface area contributed by atoms with E-state index in [1.165, 1.54) is 123 Å². The summed E-state index contributed by atoms with van der Waals surface area (Å²) in [5.74, 6) is -0.275. The Kier molecular flexibility index (Phi) is 55.9. The Labute approximate surface area is 308 Å². The fourth-order valence-corrected chi connectivity index (χ4v) is 4.59. The molecular formula is C41H75N3O6. The van der Waals surface area contributed by atoms with Crippen LogP contribution in [0.3, 0.4) is 0 Å². The quantitative estimate of drug-likeness (QED) is 0.0203. The van der Waals surface area contributed by atoms with Crippen LogP contribution in [0.1, 0.15) is 168 Å². The summed E-state index contributed by atoms with van der Waals surface area (Å²) < 4.78 is 13.7. The molecule has 0 aliphatic carbocycles. The van der Waals surface area contributed by atoms with E-state index in [2.05, 4.69) is 32.2 Å². The number of ether oxygens (including phenoxy) is 3. The number of hydrogen-bond donors (Lipinski definition) is 1. The minimum Gasteiger partial charge on any atom is -0.469 e. The molecule has 0 aromatic rings. The average Bonchev–Trinajstić information content (AvgIpc) is 3.14. The normalized spacial score (nSPS) is 9.64. The lowest BCUT2D eigenvalue weighted by molar-refractivity contribution is -0.141. The van der Waals surface area contributed by atoms with Gasteiger partial charge in [-0.2, -0.15) is 5.26 Å². The molecule has 0 aliphatic heterocycles. The predicted molar refractivity (Wildman–Crippen MR) is 209 cm³/mol. The number of allylic oxidation sites excluding steroid dienone is 3. The van der Waals surface area contributed by atoms with Gasteiger partial charge in [0.25, 0.3) is 0 Å². The number of unbranched alkanes of at least 4 members (excludes halogenated alkanes) is 20. The van der Waals surface area contributed by atoms with E-state index >= 15 is 0 Å². The SMILES string of the molecule is C=CC#N.C=CCCCCCCCCC(=O)OC.COC(=O)CCCCCCCCCCCN.[C-]#[N+]/C=C/CCCCCCCCC(=O)OC.[HH]. The summed E-state index contributed by atoms with van der Waals surface area (Å²) in [7, 11) is 4.32. The highest BCUT2D eigenvalue weighted by atomic mass is 16.5. The molecule has 0 spiro atoms. The van der Waals surface area contributed by atoms with Crippen LogP contribution in [0.25, 0.3) is 4.85 Å². The van der Waals surface area contributed by atoms with Crippen molar-refractivity contribution >= 4 is 17.9 Å². The van der Waals surface area contributed by atoms with Crippen LogP contribution in [-0.2, 0) is 28.6 Å². The monoisotopic (exact) mass is 706 g/mol. The molecule has 290 valence electrons. The van der Waals surface area contributed by atoms with E-state index in [4.69, 9.17) is 17.6 Å². The maximum Gasteiger partial charge on any atom is 0.305 e. The van der Waals surface area contributed by atoms with Gasteiger partial charge >= 0.3 is 17.9 Å². The van der Waals surface area contributed by atoms with Crippen molar-refractivity contribution in [2.45, 2.75) is 167 Å². The second-order valence-corrected chi connectivity index (χ2v) is 11.9. The molecular weight excluding hydrogens is 630 g/mol. The molecule has 9 heteroatoms. The van der Waals surface area contributed by atoms with Crippen LogP contribution < -0.4 is 5.73 Å². The number of carbonyl (C=O) groups is 3. The molecule has 2 N–H and O–H groups in total. The van der Waals surface area contributed by atoms with Crippen molar-refractivity contribution in [2.75, 3.05) is 27.9 Å². The summed E-state index contributed by atoms with van der Waals surface area (Å²) in [5.41, 5.74) is 5.42. The molecule has 9 nitrogen and oxygen atoms in total. The van der Waals surface area contributed by atoms with Crippen LogP contribution in [0, 0.1) is 17.9 Å². The van der Waals surface area contributed by atoms with E-state index in [1.54, 1.807) is 6.07 Å². The standard InChI is InChI=1S/C13H21NO2.C13H27NO2.C12H22O2.C3H3N.H2/c1-14-12-10-8-6-4-3-5-7-9-11-13(15)16-2;1-16-13(15)11-9-7-5-3-2-4-6-8-10-12-14;1-3-4-5-6-7-8-9-10-11-12(13)14-2;1-2-3-4;/h10,12H,3-9,11H2,2H3;2-12,14H2,1H3;3H,1,4-11H2,2H3;2H,1H2;1H/b12-10+;;;;. The molecule has 0 fully saturated rings.